The molecule has 0 fully saturated rings. The number of aromatic nitrogens is 3. The van der Waals surface area contributed by atoms with Crippen molar-refractivity contribution < 1.29 is 4.42 Å². The van der Waals surface area contributed by atoms with Crippen LogP contribution in [0.25, 0.3) is 28.2 Å². The molecule has 0 saturated heterocycles. The van der Waals surface area contributed by atoms with Crippen LogP contribution in [0.5, 0.6) is 0 Å². The van der Waals surface area contributed by atoms with Gasteiger partial charge >= 0.3 is 0 Å². The Morgan fingerprint density at radius 1 is 0.800 bits per heavy atom. The molecule has 0 N–H and O–H groups in total. The van der Waals surface area contributed by atoms with E-state index in [2.05, 4.69) is 10.2 Å². The van der Waals surface area contributed by atoms with Gasteiger partial charge in [-0.1, -0.05) is 30.3 Å². The summed E-state index contributed by atoms with van der Waals surface area (Å²) in [6.45, 7) is 0. The van der Waals surface area contributed by atoms with Gasteiger partial charge in [0.2, 0.25) is 0 Å². The number of rotatable bonds is 2. The van der Waals surface area contributed by atoms with Crippen LogP contribution >= 0.6 is 0 Å². The van der Waals surface area contributed by atoms with E-state index in [0.717, 1.165) is 28.2 Å². The quantitative estimate of drug-likeness (QED) is 0.553. The number of nitrogens with zero attached hydrogens (tertiary/aromatic N) is 3. The maximum absolute atomic E-state index is 5.14. The van der Waals surface area contributed by atoms with Crippen molar-refractivity contribution in [2.75, 3.05) is 0 Å². The molecule has 0 aliphatic heterocycles. The summed E-state index contributed by atoms with van der Waals surface area (Å²) in [5.41, 5.74) is 3.99. The van der Waals surface area contributed by atoms with E-state index < -0.39 is 0 Å². The second kappa shape index (κ2) is 4.35. The molecule has 4 aromatic rings. The van der Waals surface area contributed by atoms with Crippen LogP contribution in [0.15, 0.2) is 71.7 Å². The van der Waals surface area contributed by atoms with Crippen molar-refractivity contribution in [3.05, 3.63) is 67.3 Å². The van der Waals surface area contributed by atoms with Gasteiger partial charge in [-0.15, -0.1) is 10.2 Å². The van der Waals surface area contributed by atoms with Crippen molar-refractivity contribution >= 4 is 5.65 Å². The summed E-state index contributed by atoms with van der Waals surface area (Å²) in [6.07, 6.45) is 5.43. The number of benzene rings is 1. The zero-order valence-electron chi connectivity index (χ0n) is 10.6. The molecule has 0 unspecified atom stereocenters. The summed E-state index contributed by atoms with van der Waals surface area (Å²) >= 11 is 0. The predicted octanol–water partition coefficient (Wildman–Crippen LogP) is 3.66. The second-order valence-electron chi connectivity index (χ2n) is 4.55. The molecule has 20 heavy (non-hydrogen) atoms. The minimum Gasteiger partial charge on any atom is -0.472 e. The van der Waals surface area contributed by atoms with Crippen LogP contribution in [0.4, 0.5) is 0 Å². The van der Waals surface area contributed by atoms with Gasteiger partial charge in [0.25, 0.3) is 0 Å². The Balaban J connectivity index is 1.93. The lowest BCUT2D eigenvalue weighted by Crippen LogP contribution is -1.90. The molecule has 4 rings (SSSR count). The summed E-state index contributed by atoms with van der Waals surface area (Å²) in [5, 5.41) is 8.48. The molecule has 0 saturated carbocycles. The molecule has 0 atom stereocenters. The van der Waals surface area contributed by atoms with E-state index in [-0.39, 0.29) is 0 Å². The first-order valence-electron chi connectivity index (χ1n) is 6.34. The lowest BCUT2D eigenvalue weighted by molar-refractivity contribution is 0.568. The van der Waals surface area contributed by atoms with E-state index in [4.69, 9.17) is 4.42 Å². The monoisotopic (exact) mass is 261 g/mol. The number of pyridine rings is 1. The van der Waals surface area contributed by atoms with E-state index >= 15 is 0 Å². The fraction of sp³-hybridized carbons (Fsp3) is 0. The van der Waals surface area contributed by atoms with Gasteiger partial charge in [0.1, 0.15) is 0 Å². The number of fused-ring (bicyclic) bond motifs is 1. The summed E-state index contributed by atoms with van der Waals surface area (Å²) < 4.78 is 7.13. The third-order valence-electron chi connectivity index (χ3n) is 3.29. The minimum atomic E-state index is 0.830. The van der Waals surface area contributed by atoms with Gasteiger partial charge in [-0.25, -0.2) is 0 Å². The van der Waals surface area contributed by atoms with E-state index in [9.17, 15) is 0 Å². The molecule has 0 aliphatic rings. The van der Waals surface area contributed by atoms with Gasteiger partial charge < -0.3 is 4.42 Å². The summed E-state index contributed by atoms with van der Waals surface area (Å²) in [4.78, 5) is 0. The van der Waals surface area contributed by atoms with Crippen LogP contribution in [-0.4, -0.2) is 14.6 Å². The van der Waals surface area contributed by atoms with Gasteiger partial charge in [-0.3, -0.25) is 4.40 Å². The number of hydrogen-bond acceptors (Lipinski definition) is 3. The lowest BCUT2D eigenvalue weighted by Gasteiger charge is -2.02. The molecule has 0 aliphatic carbocycles. The second-order valence-corrected chi connectivity index (χ2v) is 4.55. The lowest BCUT2D eigenvalue weighted by atomic mass is 10.1. The molecule has 0 radical (unpaired) electrons. The number of furan rings is 1. The molecule has 0 amide bonds. The summed E-state index contributed by atoms with van der Waals surface area (Å²) in [7, 11) is 0. The average Bonchev–Trinajstić information content (AvgIpc) is 3.17. The minimum absolute atomic E-state index is 0.830. The Hall–Kier alpha value is -2.88. The highest BCUT2D eigenvalue weighted by Crippen LogP contribution is 2.23. The van der Waals surface area contributed by atoms with Gasteiger partial charge in [0.15, 0.2) is 11.5 Å². The molecule has 96 valence electrons. The molecule has 4 heteroatoms. The Morgan fingerprint density at radius 2 is 1.70 bits per heavy atom. The first-order chi connectivity index (χ1) is 9.92. The summed E-state index contributed by atoms with van der Waals surface area (Å²) in [5.74, 6) is 0.839. The maximum atomic E-state index is 5.14. The normalized spacial score (nSPS) is 11.0. The molecule has 1 aromatic carbocycles. The van der Waals surface area contributed by atoms with Crippen molar-refractivity contribution in [3.63, 3.8) is 0 Å². The predicted molar refractivity (Wildman–Crippen MR) is 76.1 cm³/mol. The first kappa shape index (κ1) is 11.0. The highest BCUT2D eigenvalue weighted by atomic mass is 16.3. The molecule has 0 spiro atoms. The highest BCUT2D eigenvalue weighted by molar-refractivity contribution is 5.66. The fourth-order valence-electron chi connectivity index (χ4n) is 2.27. The van der Waals surface area contributed by atoms with E-state index in [1.807, 2.05) is 59.1 Å². The third-order valence-corrected chi connectivity index (χ3v) is 3.29. The zero-order valence-corrected chi connectivity index (χ0v) is 10.6. The molecular formula is C16H11N3O. The Labute approximate surface area is 115 Å². The smallest absolute Gasteiger partial charge is 0.168 e. The van der Waals surface area contributed by atoms with E-state index in [1.54, 1.807) is 12.5 Å². The van der Waals surface area contributed by atoms with E-state index in [0.29, 0.717) is 0 Å². The Morgan fingerprint density at radius 3 is 2.50 bits per heavy atom. The van der Waals surface area contributed by atoms with Crippen molar-refractivity contribution in [2.45, 2.75) is 0 Å². The van der Waals surface area contributed by atoms with Gasteiger partial charge in [0, 0.05) is 22.9 Å². The molecule has 4 nitrogen and oxygen atoms in total. The maximum Gasteiger partial charge on any atom is 0.168 e. The van der Waals surface area contributed by atoms with Crippen LogP contribution in [-0.2, 0) is 0 Å². The van der Waals surface area contributed by atoms with Crippen LogP contribution < -0.4 is 0 Å². The Kier molecular flexibility index (Phi) is 2.39. The van der Waals surface area contributed by atoms with Crippen molar-refractivity contribution in [1.29, 1.82) is 0 Å². The van der Waals surface area contributed by atoms with Crippen molar-refractivity contribution in [1.82, 2.24) is 14.6 Å². The standard InChI is InChI=1S/C16H11N3O/c1-2-4-12(5-3-1)16-18-17-15-7-6-13(10-19(15)16)14-8-9-20-11-14/h1-11H. The SMILES string of the molecule is c1ccc(-c2nnc3ccc(-c4ccoc4)cn23)cc1. The van der Waals surface area contributed by atoms with Crippen LogP contribution in [0.2, 0.25) is 0 Å². The van der Waals surface area contributed by atoms with Crippen LogP contribution in [0.3, 0.4) is 0 Å². The molecular weight excluding hydrogens is 250 g/mol. The summed E-state index contributed by atoms with van der Waals surface area (Å²) in [6, 6.07) is 16.0. The van der Waals surface area contributed by atoms with Crippen molar-refractivity contribution in [3.8, 4) is 22.5 Å². The topological polar surface area (TPSA) is 43.3 Å². The largest absolute Gasteiger partial charge is 0.472 e. The molecule has 3 heterocycles. The molecule has 3 aromatic heterocycles. The Bertz CT molecular complexity index is 848. The third kappa shape index (κ3) is 1.70. The van der Waals surface area contributed by atoms with Crippen LogP contribution in [0.1, 0.15) is 0 Å². The highest BCUT2D eigenvalue weighted by Gasteiger charge is 2.09. The molecule has 0 bridgehead atoms. The average molecular weight is 261 g/mol. The van der Waals surface area contributed by atoms with Gasteiger partial charge in [-0.2, -0.15) is 0 Å². The van der Waals surface area contributed by atoms with Crippen LogP contribution in [0, 0.1) is 0 Å². The fourth-order valence-corrected chi connectivity index (χ4v) is 2.27. The van der Waals surface area contributed by atoms with Crippen molar-refractivity contribution in [2.24, 2.45) is 0 Å². The zero-order chi connectivity index (χ0) is 13.4. The number of hydrogen-bond donors (Lipinski definition) is 0. The van der Waals surface area contributed by atoms with Gasteiger partial charge in [0.05, 0.1) is 12.5 Å². The van der Waals surface area contributed by atoms with E-state index in [1.165, 1.54) is 0 Å². The van der Waals surface area contributed by atoms with Gasteiger partial charge in [-0.05, 0) is 18.2 Å². The first-order valence-corrected chi connectivity index (χ1v) is 6.34.